The van der Waals surface area contributed by atoms with Crippen molar-refractivity contribution in [3.05, 3.63) is 11.6 Å². The van der Waals surface area contributed by atoms with Crippen molar-refractivity contribution in [3.63, 3.8) is 0 Å². The highest BCUT2D eigenvalue weighted by molar-refractivity contribution is 4.94. The van der Waals surface area contributed by atoms with Crippen molar-refractivity contribution in [3.8, 4) is 0 Å². The molecule has 0 spiro atoms. The Morgan fingerprint density at radius 1 is 1.54 bits per heavy atom. The van der Waals surface area contributed by atoms with E-state index >= 15 is 0 Å². The van der Waals surface area contributed by atoms with Crippen LogP contribution in [0.5, 0.6) is 0 Å². The molecule has 1 heterocycles. The van der Waals surface area contributed by atoms with Crippen LogP contribution in [0.2, 0.25) is 0 Å². The summed E-state index contributed by atoms with van der Waals surface area (Å²) in [7, 11) is 0. The number of hydrogen-bond donors (Lipinski definition) is 1. The molecule has 0 aliphatic carbocycles. The molecule has 0 aromatic rings. The van der Waals surface area contributed by atoms with Crippen LogP contribution in [-0.4, -0.2) is 25.3 Å². The summed E-state index contributed by atoms with van der Waals surface area (Å²) in [5.74, 6) is 0. The average molecular weight is 183 g/mol. The first-order chi connectivity index (χ1) is 6.12. The van der Waals surface area contributed by atoms with E-state index in [1.165, 1.54) is 18.4 Å². The van der Waals surface area contributed by atoms with Crippen molar-refractivity contribution in [1.29, 1.82) is 0 Å². The van der Waals surface area contributed by atoms with Crippen molar-refractivity contribution in [2.24, 2.45) is 0 Å². The summed E-state index contributed by atoms with van der Waals surface area (Å²) in [6.45, 7) is 9.28. The Hall–Kier alpha value is -0.340. The van der Waals surface area contributed by atoms with Crippen molar-refractivity contribution in [2.45, 2.75) is 39.2 Å². The highest BCUT2D eigenvalue weighted by Crippen LogP contribution is 2.19. The highest BCUT2D eigenvalue weighted by atomic mass is 16.5. The zero-order valence-corrected chi connectivity index (χ0v) is 9.02. The lowest BCUT2D eigenvalue weighted by atomic mass is 9.96. The second-order valence-corrected chi connectivity index (χ2v) is 4.32. The fourth-order valence-electron chi connectivity index (χ4n) is 1.56. The van der Waals surface area contributed by atoms with Crippen LogP contribution in [0.25, 0.3) is 0 Å². The van der Waals surface area contributed by atoms with Crippen LogP contribution in [0.15, 0.2) is 11.6 Å². The summed E-state index contributed by atoms with van der Waals surface area (Å²) in [5.41, 5.74) is 1.39. The van der Waals surface area contributed by atoms with E-state index < -0.39 is 0 Å². The summed E-state index contributed by atoms with van der Waals surface area (Å²) in [6, 6.07) is 0. The fraction of sp³-hybridized carbons (Fsp3) is 0.818. The molecular weight excluding hydrogens is 162 g/mol. The Morgan fingerprint density at radius 3 is 2.85 bits per heavy atom. The SMILES string of the molecule is CC(C)=CCOC1(C)CCCNC1. The molecule has 0 amide bonds. The Kier molecular flexibility index (Phi) is 3.94. The van der Waals surface area contributed by atoms with Gasteiger partial charge in [-0.25, -0.2) is 0 Å². The maximum absolute atomic E-state index is 5.84. The molecule has 1 rings (SSSR count). The lowest BCUT2D eigenvalue weighted by Crippen LogP contribution is -2.45. The van der Waals surface area contributed by atoms with Crippen molar-refractivity contribution >= 4 is 0 Å². The van der Waals surface area contributed by atoms with Gasteiger partial charge >= 0.3 is 0 Å². The van der Waals surface area contributed by atoms with Gasteiger partial charge in [0.2, 0.25) is 0 Å². The second-order valence-electron chi connectivity index (χ2n) is 4.32. The van der Waals surface area contributed by atoms with Crippen LogP contribution in [0, 0.1) is 0 Å². The van der Waals surface area contributed by atoms with E-state index in [4.69, 9.17) is 4.74 Å². The minimum Gasteiger partial charge on any atom is -0.370 e. The number of piperidine rings is 1. The molecule has 1 atom stereocenters. The van der Waals surface area contributed by atoms with Crippen LogP contribution in [-0.2, 0) is 4.74 Å². The van der Waals surface area contributed by atoms with E-state index in [2.05, 4.69) is 32.2 Å². The first-order valence-corrected chi connectivity index (χ1v) is 5.10. The molecule has 1 N–H and O–H groups in total. The minimum absolute atomic E-state index is 0.0597. The summed E-state index contributed by atoms with van der Waals surface area (Å²) in [5, 5.41) is 3.37. The lowest BCUT2D eigenvalue weighted by molar-refractivity contribution is -0.0325. The Morgan fingerprint density at radius 2 is 2.31 bits per heavy atom. The van der Waals surface area contributed by atoms with Gasteiger partial charge in [-0.05, 0) is 40.2 Å². The lowest BCUT2D eigenvalue weighted by Gasteiger charge is -2.33. The Balaban J connectivity index is 2.29. The molecule has 0 saturated carbocycles. The zero-order valence-electron chi connectivity index (χ0n) is 9.02. The van der Waals surface area contributed by atoms with Gasteiger partial charge in [0.15, 0.2) is 0 Å². The maximum Gasteiger partial charge on any atom is 0.0783 e. The van der Waals surface area contributed by atoms with E-state index in [0.717, 1.165) is 19.7 Å². The largest absolute Gasteiger partial charge is 0.370 e. The van der Waals surface area contributed by atoms with E-state index in [9.17, 15) is 0 Å². The average Bonchev–Trinajstić information content (AvgIpc) is 2.04. The molecule has 0 aromatic heterocycles. The van der Waals surface area contributed by atoms with E-state index in [1.54, 1.807) is 0 Å². The number of rotatable bonds is 3. The van der Waals surface area contributed by atoms with Crippen LogP contribution >= 0.6 is 0 Å². The number of ether oxygens (including phenoxy) is 1. The highest BCUT2D eigenvalue weighted by Gasteiger charge is 2.26. The number of allylic oxidation sites excluding steroid dienone is 1. The first-order valence-electron chi connectivity index (χ1n) is 5.10. The molecule has 0 aromatic carbocycles. The molecule has 1 saturated heterocycles. The first kappa shape index (κ1) is 10.7. The van der Waals surface area contributed by atoms with Crippen LogP contribution in [0.1, 0.15) is 33.6 Å². The zero-order chi connectivity index (χ0) is 9.73. The predicted molar refractivity (Wildman–Crippen MR) is 55.9 cm³/mol. The molecule has 0 bridgehead atoms. The van der Waals surface area contributed by atoms with E-state index in [1.807, 2.05) is 0 Å². The van der Waals surface area contributed by atoms with Gasteiger partial charge in [0.25, 0.3) is 0 Å². The third-order valence-electron chi connectivity index (χ3n) is 2.48. The molecule has 0 radical (unpaired) electrons. The van der Waals surface area contributed by atoms with Gasteiger partial charge in [-0.3, -0.25) is 0 Å². The third kappa shape index (κ3) is 3.92. The molecule has 2 nitrogen and oxygen atoms in total. The molecule has 1 unspecified atom stereocenters. The predicted octanol–water partition coefficient (Wildman–Crippen LogP) is 2.11. The van der Waals surface area contributed by atoms with Crippen LogP contribution in [0.3, 0.4) is 0 Å². The summed E-state index contributed by atoms with van der Waals surface area (Å²) in [4.78, 5) is 0. The quantitative estimate of drug-likeness (QED) is 0.677. The number of hydrogen-bond acceptors (Lipinski definition) is 2. The van der Waals surface area contributed by atoms with Crippen LogP contribution < -0.4 is 5.32 Å². The molecule has 2 heteroatoms. The van der Waals surface area contributed by atoms with Gasteiger partial charge < -0.3 is 10.1 Å². The monoisotopic (exact) mass is 183 g/mol. The van der Waals surface area contributed by atoms with Gasteiger partial charge in [-0.15, -0.1) is 0 Å². The van der Waals surface area contributed by atoms with E-state index in [-0.39, 0.29) is 5.60 Å². The third-order valence-corrected chi connectivity index (χ3v) is 2.48. The standard InChI is InChI=1S/C11H21NO/c1-10(2)5-8-13-11(3)6-4-7-12-9-11/h5,12H,4,6-9H2,1-3H3. The smallest absolute Gasteiger partial charge is 0.0783 e. The van der Waals surface area contributed by atoms with Gasteiger partial charge in [0, 0.05) is 6.54 Å². The Labute approximate surface area is 81.4 Å². The van der Waals surface area contributed by atoms with Gasteiger partial charge in [-0.1, -0.05) is 11.6 Å². The summed E-state index contributed by atoms with van der Waals surface area (Å²) in [6.07, 6.45) is 4.54. The molecule has 1 aliphatic heterocycles. The van der Waals surface area contributed by atoms with E-state index in [0.29, 0.717) is 0 Å². The molecule has 1 fully saturated rings. The molecule has 1 aliphatic rings. The summed E-state index contributed by atoms with van der Waals surface area (Å²) < 4.78 is 5.84. The van der Waals surface area contributed by atoms with Crippen LogP contribution in [0.4, 0.5) is 0 Å². The molecule has 76 valence electrons. The van der Waals surface area contributed by atoms with Gasteiger partial charge in [0.1, 0.15) is 0 Å². The second kappa shape index (κ2) is 4.77. The van der Waals surface area contributed by atoms with Crippen molar-refractivity contribution in [1.82, 2.24) is 5.32 Å². The Bertz CT molecular complexity index is 177. The van der Waals surface area contributed by atoms with Gasteiger partial charge in [0.05, 0.1) is 12.2 Å². The minimum atomic E-state index is 0.0597. The van der Waals surface area contributed by atoms with Crippen molar-refractivity contribution in [2.75, 3.05) is 19.7 Å². The maximum atomic E-state index is 5.84. The normalized spacial score (nSPS) is 28.5. The molecular formula is C11H21NO. The van der Waals surface area contributed by atoms with Gasteiger partial charge in [-0.2, -0.15) is 0 Å². The topological polar surface area (TPSA) is 21.3 Å². The molecule has 13 heavy (non-hydrogen) atoms. The van der Waals surface area contributed by atoms with Crippen molar-refractivity contribution < 1.29 is 4.74 Å². The summed E-state index contributed by atoms with van der Waals surface area (Å²) >= 11 is 0. The fourth-order valence-corrected chi connectivity index (χ4v) is 1.56. The number of nitrogens with one attached hydrogen (secondary N) is 1.